The zero-order valence-electron chi connectivity index (χ0n) is 7.27. The number of nitrogens with zero attached hydrogens (tertiary/aromatic N) is 3. The molecule has 0 aromatic rings. The SMILES string of the molecule is CC1=C(C=O)CN2C=CC=NC2=N1. The maximum absolute atomic E-state index is 10.6. The Hall–Kier alpha value is -1.71. The van der Waals surface area contributed by atoms with E-state index in [1.54, 1.807) is 6.21 Å². The minimum absolute atomic E-state index is 0.571. The first-order chi connectivity index (χ1) is 6.31. The van der Waals surface area contributed by atoms with Gasteiger partial charge in [-0.15, -0.1) is 0 Å². The van der Waals surface area contributed by atoms with Crippen molar-refractivity contribution in [2.45, 2.75) is 6.92 Å². The molecule has 4 heteroatoms. The molecule has 0 amide bonds. The van der Waals surface area contributed by atoms with Gasteiger partial charge in [-0.05, 0) is 13.0 Å². The third kappa shape index (κ3) is 1.30. The number of carbonyl (C=O) groups is 1. The van der Waals surface area contributed by atoms with E-state index in [1.165, 1.54) is 0 Å². The largest absolute Gasteiger partial charge is 0.313 e. The lowest BCUT2D eigenvalue weighted by Crippen LogP contribution is -2.31. The molecule has 0 aliphatic carbocycles. The normalized spacial score (nSPS) is 20.1. The van der Waals surface area contributed by atoms with Crippen LogP contribution < -0.4 is 0 Å². The Morgan fingerprint density at radius 2 is 2.46 bits per heavy atom. The molecule has 0 unspecified atom stereocenters. The van der Waals surface area contributed by atoms with E-state index in [4.69, 9.17) is 0 Å². The highest BCUT2D eigenvalue weighted by Gasteiger charge is 2.18. The summed E-state index contributed by atoms with van der Waals surface area (Å²) in [4.78, 5) is 20.8. The fourth-order valence-electron chi connectivity index (χ4n) is 1.25. The molecular formula is C9H9N3O. The van der Waals surface area contributed by atoms with Gasteiger partial charge >= 0.3 is 0 Å². The molecule has 0 N–H and O–H groups in total. The highest BCUT2D eigenvalue weighted by molar-refractivity contribution is 5.96. The number of carbonyl (C=O) groups excluding carboxylic acids is 1. The van der Waals surface area contributed by atoms with Crippen LogP contribution >= 0.6 is 0 Å². The topological polar surface area (TPSA) is 45.0 Å². The molecule has 0 spiro atoms. The van der Waals surface area contributed by atoms with Crippen molar-refractivity contribution in [3.8, 4) is 0 Å². The molecule has 0 aromatic heterocycles. The van der Waals surface area contributed by atoms with Gasteiger partial charge in [-0.1, -0.05) is 0 Å². The summed E-state index contributed by atoms with van der Waals surface area (Å²) in [5.41, 5.74) is 1.47. The van der Waals surface area contributed by atoms with Crippen molar-refractivity contribution in [1.82, 2.24) is 4.90 Å². The van der Waals surface area contributed by atoms with Crippen LogP contribution in [0.2, 0.25) is 0 Å². The molecule has 66 valence electrons. The predicted octanol–water partition coefficient (Wildman–Crippen LogP) is 0.729. The van der Waals surface area contributed by atoms with Crippen molar-refractivity contribution in [3.63, 3.8) is 0 Å². The number of aldehydes is 1. The van der Waals surface area contributed by atoms with Crippen molar-refractivity contribution in [3.05, 3.63) is 23.5 Å². The molecule has 0 fully saturated rings. The molecule has 4 nitrogen and oxygen atoms in total. The second-order valence-electron chi connectivity index (χ2n) is 2.89. The van der Waals surface area contributed by atoms with Gasteiger partial charge in [0, 0.05) is 23.7 Å². The van der Waals surface area contributed by atoms with Gasteiger partial charge in [0.05, 0.1) is 6.54 Å². The fourth-order valence-corrected chi connectivity index (χ4v) is 1.25. The number of hydrogen-bond donors (Lipinski definition) is 0. The van der Waals surface area contributed by atoms with Crippen molar-refractivity contribution < 1.29 is 4.79 Å². The van der Waals surface area contributed by atoms with Gasteiger partial charge in [0.25, 0.3) is 0 Å². The van der Waals surface area contributed by atoms with Crippen LogP contribution in [0.3, 0.4) is 0 Å². The van der Waals surface area contributed by atoms with E-state index in [1.807, 2.05) is 24.1 Å². The minimum Gasteiger partial charge on any atom is -0.313 e. The Morgan fingerprint density at radius 3 is 3.23 bits per heavy atom. The van der Waals surface area contributed by atoms with Gasteiger partial charge in [0.15, 0.2) is 0 Å². The molecule has 0 radical (unpaired) electrons. The maximum atomic E-state index is 10.6. The van der Waals surface area contributed by atoms with E-state index >= 15 is 0 Å². The molecule has 0 saturated carbocycles. The van der Waals surface area contributed by atoms with Crippen LogP contribution in [0.1, 0.15) is 6.92 Å². The minimum atomic E-state index is 0.571. The summed E-state index contributed by atoms with van der Waals surface area (Å²) in [7, 11) is 0. The van der Waals surface area contributed by atoms with E-state index in [0.717, 1.165) is 12.0 Å². The summed E-state index contributed by atoms with van der Waals surface area (Å²) in [6, 6.07) is 0. The third-order valence-corrected chi connectivity index (χ3v) is 2.01. The Bertz CT molecular complexity index is 363. The lowest BCUT2D eigenvalue weighted by Gasteiger charge is -2.25. The van der Waals surface area contributed by atoms with Crippen molar-refractivity contribution in [1.29, 1.82) is 0 Å². The molecule has 0 aromatic carbocycles. The average Bonchev–Trinajstić information content (AvgIpc) is 2.17. The lowest BCUT2D eigenvalue weighted by molar-refractivity contribution is -0.105. The van der Waals surface area contributed by atoms with Gasteiger partial charge in [-0.2, -0.15) is 0 Å². The molecule has 2 aliphatic heterocycles. The maximum Gasteiger partial charge on any atom is 0.229 e. The highest BCUT2D eigenvalue weighted by Crippen LogP contribution is 2.15. The molecule has 0 saturated heterocycles. The van der Waals surface area contributed by atoms with Gasteiger partial charge < -0.3 is 4.90 Å². The standard InChI is InChI=1S/C9H9N3O/c1-7-8(6-13)5-12-4-2-3-10-9(12)11-7/h2-4,6H,5H2,1H3. The molecule has 2 aliphatic rings. The van der Waals surface area contributed by atoms with E-state index in [0.29, 0.717) is 18.1 Å². The van der Waals surface area contributed by atoms with Crippen molar-refractivity contribution >= 4 is 18.5 Å². The molecule has 2 rings (SSSR count). The van der Waals surface area contributed by atoms with Crippen LogP contribution in [-0.2, 0) is 4.79 Å². The monoisotopic (exact) mass is 175 g/mol. The van der Waals surface area contributed by atoms with Gasteiger partial charge in [0.1, 0.15) is 6.29 Å². The molecule has 13 heavy (non-hydrogen) atoms. The van der Waals surface area contributed by atoms with Crippen LogP contribution in [-0.4, -0.2) is 29.9 Å². The Labute approximate surface area is 76.0 Å². The second-order valence-corrected chi connectivity index (χ2v) is 2.89. The number of guanidine groups is 1. The van der Waals surface area contributed by atoms with E-state index in [2.05, 4.69) is 9.98 Å². The predicted molar refractivity (Wildman–Crippen MR) is 50.5 cm³/mol. The average molecular weight is 175 g/mol. The number of fused-ring (bicyclic) bond motifs is 1. The van der Waals surface area contributed by atoms with E-state index < -0.39 is 0 Å². The Balaban J connectivity index is 2.39. The summed E-state index contributed by atoms with van der Waals surface area (Å²) in [5.74, 6) is 0.658. The highest BCUT2D eigenvalue weighted by atomic mass is 16.1. The van der Waals surface area contributed by atoms with Crippen molar-refractivity contribution in [2.24, 2.45) is 9.98 Å². The van der Waals surface area contributed by atoms with Crippen molar-refractivity contribution in [2.75, 3.05) is 6.54 Å². The van der Waals surface area contributed by atoms with E-state index in [-0.39, 0.29) is 0 Å². The Morgan fingerprint density at radius 1 is 1.62 bits per heavy atom. The number of hydrogen-bond acceptors (Lipinski definition) is 4. The summed E-state index contributed by atoms with van der Waals surface area (Å²) in [6.45, 7) is 2.39. The number of rotatable bonds is 1. The number of allylic oxidation sites excluding steroid dienone is 2. The van der Waals surface area contributed by atoms with Gasteiger partial charge in [-0.3, -0.25) is 4.79 Å². The lowest BCUT2D eigenvalue weighted by atomic mass is 10.2. The zero-order valence-corrected chi connectivity index (χ0v) is 7.27. The summed E-state index contributed by atoms with van der Waals surface area (Å²) >= 11 is 0. The van der Waals surface area contributed by atoms with Crippen LogP contribution in [0.4, 0.5) is 0 Å². The third-order valence-electron chi connectivity index (χ3n) is 2.01. The van der Waals surface area contributed by atoms with E-state index in [9.17, 15) is 4.79 Å². The second kappa shape index (κ2) is 2.97. The van der Waals surface area contributed by atoms with Gasteiger partial charge in [-0.25, -0.2) is 9.98 Å². The number of aliphatic imine (C=N–C) groups is 2. The molecule has 0 atom stereocenters. The summed E-state index contributed by atoms with van der Waals surface area (Å²) < 4.78 is 0. The first-order valence-corrected chi connectivity index (χ1v) is 4.02. The van der Waals surface area contributed by atoms with Crippen LogP contribution in [0.5, 0.6) is 0 Å². The fraction of sp³-hybridized carbons (Fsp3) is 0.222. The van der Waals surface area contributed by atoms with Gasteiger partial charge in [0.2, 0.25) is 5.96 Å². The molecule has 2 heterocycles. The first kappa shape index (κ1) is 7.91. The smallest absolute Gasteiger partial charge is 0.229 e. The van der Waals surface area contributed by atoms with Crippen LogP contribution in [0.15, 0.2) is 33.5 Å². The summed E-state index contributed by atoms with van der Waals surface area (Å²) in [6.07, 6.45) is 6.22. The summed E-state index contributed by atoms with van der Waals surface area (Å²) in [5, 5.41) is 0. The molecular weight excluding hydrogens is 166 g/mol. The van der Waals surface area contributed by atoms with Crippen LogP contribution in [0.25, 0.3) is 0 Å². The molecule has 0 bridgehead atoms. The quantitative estimate of drug-likeness (QED) is 0.551. The Kier molecular flexibility index (Phi) is 1.81. The zero-order chi connectivity index (χ0) is 9.26. The first-order valence-electron chi connectivity index (χ1n) is 4.02. The van der Waals surface area contributed by atoms with Crippen LogP contribution in [0, 0.1) is 0 Å².